The van der Waals surface area contributed by atoms with Crippen LogP contribution in [0.15, 0.2) is 17.5 Å². The molecular formula is C14H24N2O2S. The maximum atomic E-state index is 12.6. The highest BCUT2D eigenvalue weighted by molar-refractivity contribution is 7.10. The van der Waals surface area contributed by atoms with Gasteiger partial charge in [0.25, 0.3) is 0 Å². The number of methoxy groups -OCH3 is 1. The fourth-order valence-corrected chi connectivity index (χ4v) is 2.88. The van der Waals surface area contributed by atoms with Crippen molar-refractivity contribution in [1.29, 1.82) is 0 Å². The molecule has 19 heavy (non-hydrogen) atoms. The average molecular weight is 284 g/mol. The summed E-state index contributed by atoms with van der Waals surface area (Å²) >= 11 is 1.52. The lowest BCUT2D eigenvalue weighted by molar-refractivity contribution is -0.136. The predicted octanol–water partition coefficient (Wildman–Crippen LogP) is 2.41. The lowest BCUT2D eigenvalue weighted by Gasteiger charge is -2.32. The first kappa shape index (κ1) is 16.1. The minimum Gasteiger partial charge on any atom is -0.383 e. The van der Waals surface area contributed by atoms with Gasteiger partial charge in [0.15, 0.2) is 0 Å². The van der Waals surface area contributed by atoms with E-state index in [1.54, 1.807) is 7.11 Å². The summed E-state index contributed by atoms with van der Waals surface area (Å²) in [6, 6.07) is 3.50. The fourth-order valence-electron chi connectivity index (χ4n) is 2.16. The molecule has 1 aromatic rings. The van der Waals surface area contributed by atoms with Crippen LogP contribution in [0.1, 0.15) is 37.6 Å². The number of carbonyl (C=O) groups is 1. The van der Waals surface area contributed by atoms with Crippen molar-refractivity contribution in [1.82, 2.24) is 4.90 Å². The molecule has 0 aliphatic rings. The molecule has 0 spiro atoms. The molecule has 1 aromatic heterocycles. The largest absolute Gasteiger partial charge is 0.383 e. The molecule has 0 fully saturated rings. The highest BCUT2D eigenvalue weighted by Gasteiger charge is 2.27. The second kappa shape index (κ2) is 8.30. The van der Waals surface area contributed by atoms with E-state index in [0.29, 0.717) is 13.2 Å². The van der Waals surface area contributed by atoms with E-state index < -0.39 is 6.04 Å². The lowest BCUT2D eigenvalue weighted by Crippen LogP contribution is -2.46. The van der Waals surface area contributed by atoms with Gasteiger partial charge in [-0.25, -0.2) is 0 Å². The molecule has 2 N–H and O–H groups in total. The van der Waals surface area contributed by atoms with E-state index in [9.17, 15) is 4.79 Å². The number of nitrogens with zero attached hydrogens (tertiary/aromatic N) is 1. The molecule has 0 aliphatic heterocycles. The number of hydrogen-bond acceptors (Lipinski definition) is 4. The Bertz CT molecular complexity index is 364. The number of nitrogens with two attached hydrogens (primary N) is 1. The van der Waals surface area contributed by atoms with Crippen molar-refractivity contribution in [3.05, 3.63) is 22.4 Å². The molecule has 1 heterocycles. The molecule has 0 aromatic carbocycles. The summed E-state index contributed by atoms with van der Waals surface area (Å²) in [6.45, 7) is 5.33. The van der Waals surface area contributed by atoms with Crippen molar-refractivity contribution in [2.24, 2.45) is 5.73 Å². The summed E-state index contributed by atoms with van der Waals surface area (Å²) in [5.74, 6) is -0.00630. The molecule has 1 unspecified atom stereocenters. The van der Waals surface area contributed by atoms with Crippen molar-refractivity contribution in [3.63, 3.8) is 0 Å². The van der Waals surface area contributed by atoms with Gasteiger partial charge in [-0.1, -0.05) is 19.9 Å². The van der Waals surface area contributed by atoms with Crippen molar-refractivity contribution in [2.45, 2.75) is 38.8 Å². The van der Waals surface area contributed by atoms with Gasteiger partial charge in [0.1, 0.15) is 6.04 Å². The first-order valence-electron chi connectivity index (χ1n) is 6.74. The monoisotopic (exact) mass is 284 g/mol. The van der Waals surface area contributed by atoms with E-state index in [-0.39, 0.29) is 11.9 Å². The molecule has 0 aliphatic carbocycles. The molecule has 1 atom stereocenters. The predicted molar refractivity (Wildman–Crippen MR) is 79.2 cm³/mol. The van der Waals surface area contributed by atoms with Crippen LogP contribution >= 0.6 is 11.3 Å². The van der Waals surface area contributed by atoms with Crippen LogP contribution in [-0.2, 0) is 9.53 Å². The zero-order valence-electron chi connectivity index (χ0n) is 12.0. The van der Waals surface area contributed by atoms with Gasteiger partial charge >= 0.3 is 0 Å². The first-order valence-corrected chi connectivity index (χ1v) is 7.62. The summed E-state index contributed by atoms with van der Waals surface area (Å²) in [6.07, 6.45) is 1.87. The lowest BCUT2D eigenvalue weighted by atomic mass is 10.1. The highest BCUT2D eigenvalue weighted by Crippen LogP contribution is 2.21. The highest BCUT2D eigenvalue weighted by atomic mass is 32.1. The summed E-state index contributed by atoms with van der Waals surface area (Å²) < 4.78 is 5.10. The molecular weight excluding hydrogens is 260 g/mol. The third-order valence-electron chi connectivity index (χ3n) is 3.32. The maximum absolute atomic E-state index is 12.6. The van der Waals surface area contributed by atoms with Crippen LogP contribution in [0.25, 0.3) is 0 Å². The molecule has 0 bridgehead atoms. The zero-order valence-corrected chi connectivity index (χ0v) is 12.8. The standard InChI is InChI=1S/C14H24N2O2S/c1-4-11(5-2)16(8-9-18-3)14(17)13(15)12-7-6-10-19-12/h6-7,10-11,13H,4-5,8-9,15H2,1-3H3. The van der Waals surface area contributed by atoms with E-state index in [0.717, 1.165) is 17.7 Å². The van der Waals surface area contributed by atoms with Crippen molar-refractivity contribution in [3.8, 4) is 0 Å². The van der Waals surface area contributed by atoms with Gasteiger partial charge in [-0.2, -0.15) is 0 Å². The van der Waals surface area contributed by atoms with Gasteiger partial charge < -0.3 is 15.4 Å². The second-order valence-corrected chi connectivity index (χ2v) is 5.47. The molecule has 0 saturated heterocycles. The number of thiophene rings is 1. The Labute approximate surface area is 119 Å². The first-order chi connectivity index (χ1) is 9.15. The molecule has 0 radical (unpaired) electrons. The summed E-state index contributed by atoms with van der Waals surface area (Å²) in [7, 11) is 1.65. The summed E-state index contributed by atoms with van der Waals surface area (Å²) in [4.78, 5) is 15.3. The second-order valence-electron chi connectivity index (χ2n) is 4.49. The Morgan fingerprint density at radius 2 is 2.16 bits per heavy atom. The van der Waals surface area contributed by atoms with Crippen molar-refractivity contribution < 1.29 is 9.53 Å². The van der Waals surface area contributed by atoms with Crippen LogP contribution in [0.2, 0.25) is 0 Å². The Morgan fingerprint density at radius 3 is 2.63 bits per heavy atom. The zero-order chi connectivity index (χ0) is 14.3. The third-order valence-corrected chi connectivity index (χ3v) is 4.27. The smallest absolute Gasteiger partial charge is 0.245 e. The number of carbonyl (C=O) groups excluding carboxylic acids is 1. The van der Waals surface area contributed by atoms with Gasteiger partial charge in [0.2, 0.25) is 5.91 Å². The number of ether oxygens (including phenoxy) is 1. The number of rotatable bonds is 8. The third kappa shape index (κ3) is 4.30. The van der Waals surface area contributed by atoms with Crippen molar-refractivity contribution in [2.75, 3.05) is 20.3 Å². The average Bonchev–Trinajstić information content (AvgIpc) is 2.96. The topological polar surface area (TPSA) is 55.6 Å². The van der Waals surface area contributed by atoms with Gasteiger partial charge in [0.05, 0.1) is 6.61 Å². The molecule has 108 valence electrons. The van der Waals surface area contributed by atoms with Crippen LogP contribution < -0.4 is 5.73 Å². The molecule has 4 nitrogen and oxygen atoms in total. The minimum absolute atomic E-state index is 0.00630. The summed E-state index contributed by atoms with van der Waals surface area (Å²) in [5, 5.41) is 1.94. The van der Waals surface area contributed by atoms with Crippen molar-refractivity contribution >= 4 is 17.2 Å². The van der Waals surface area contributed by atoms with Gasteiger partial charge in [0, 0.05) is 24.6 Å². The Hall–Kier alpha value is -0.910. The van der Waals surface area contributed by atoms with Crippen LogP contribution in [0.3, 0.4) is 0 Å². The Balaban J connectivity index is 2.80. The van der Waals surface area contributed by atoms with Crippen LogP contribution in [-0.4, -0.2) is 37.1 Å². The van der Waals surface area contributed by atoms with Gasteiger partial charge in [-0.05, 0) is 24.3 Å². The molecule has 5 heteroatoms. The number of amides is 1. The SMILES string of the molecule is CCC(CC)N(CCOC)C(=O)C(N)c1cccs1. The fraction of sp³-hybridized carbons (Fsp3) is 0.643. The Kier molecular flexibility index (Phi) is 7.05. The van der Waals surface area contributed by atoms with E-state index in [4.69, 9.17) is 10.5 Å². The Morgan fingerprint density at radius 1 is 1.47 bits per heavy atom. The number of hydrogen-bond donors (Lipinski definition) is 1. The molecule has 0 saturated carbocycles. The molecule has 1 rings (SSSR count). The summed E-state index contributed by atoms with van der Waals surface area (Å²) in [5.41, 5.74) is 6.08. The van der Waals surface area contributed by atoms with E-state index >= 15 is 0 Å². The quantitative estimate of drug-likeness (QED) is 0.797. The molecule has 1 amide bonds. The van der Waals surface area contributed by atoms with Crippen LogP contribution in [0.5, 0.6) is 0 Å². The normalized spacial score (nSPS) is 12.7. The maximum Gasteiger partial charge on any atom is 0.245 e. The van der Waals surface area contributed by atoms with Gasteiger partial charge in [-0.15, -0.1) is 11.3 Å². The van der Waals surface area contributed by atoms with Crippen LogP contribution in [0.4, 0.5) is 0 Å². The minimum atomic E-state index is -0.558. The van der Waals surface area contributed by atoms with E-state index in [1.165, 1.54) is 11.3 Å². The van der Waals surface area contributed by atoms with Gasteiger partial charge in [-0.3, -0.25) is 4.79 Å². The van der Waals surface area contributed by atoms with Crippen LogP contribution in [0, 0.1) is 0 Å². The van der Waals surface area contributed by atoms with E-state index in [1.807, 2.05) is 22.4 Å². The van der Waals surface area contributed by atoms with E-state index in [2.05, 4.69) is 13.8 Å².